The van der Waals surface area contributed by atoms with Gasteiger partial charge in [0, 0.05) is 5.69 Å². The quantitative estimate of drug-likeness (QED) is 0.637. The first-order chi connectivity index (χ1) is 9.38. The van der Waals surface area contributed by atoms with E-state index in [2.05, 4.69) is 58.8 Å². The van der Waals surface area contributed by atoms with Gasteiger partial charge < -0.3 is 11.1 Å². The van der Waals surface area contributed by atoms with Crippen molar-refractivity contribution in [1.29, 1.82) is 0 Å². The maximum atomic E-state index is 5.38. The molecule has 0 fully saturated rings. The average Bonchev–Trinajstić information content (AvgIpc) is 2.61. The highest BCUT2D eigenvalue weighted by Crippen LogP contribution is 2.31. The lowest BCUT2D eigenvalue weighted by molar-refractivity contribution is 0.790. The maximum absolute atomic E-state index is 5.38. The van der Waals surface area contributed by atoms with E-state index in [1.165, 1.54) is 28.7 Å². The van der Waals surface area contributed by atoms with Gasteiger partial charge in [-0.1, -0.05) is 42.5 Å². The van der Waals surface area contributed by atoms with Crippen LogP contribution >= 0.6 is 0 Å². The monoisotopic (exact) mass is 251 g/mol. The highest BCUT2D eigenvalue weighted by Gasteiger charge is 2.20. The Morgan fingerprint density at radius 3 is 2.68 bits per heavy atom. The number of aliphatic imine (C=N–C) groups is 1. The Morgan fingerprint density at radius 2 is 1.84 bits per heavy atom. The molecule has 0 radical (unpaired) electrons. The summed E-state index contributed by atoms with van der Waals surface area (Å²) < 4.78 is 0. The number of hydrogen-bond acceptors (Lipinski definition) is 2. The Bertz CT molecular complexity index is 604. The first-order valence-corrected chi connectivity index (χ1v) is 6.51. The van der Waals surface area contributed by atoms with Crippen LogP contribution in [-0.2, 0) is 6.42 Å². The number of benzene rings is 2. The van der Waals surface area contributed by atoms with Crippen LogP contribution in [0.2, 0.25) is 0 Å². The van der Waals surface area contributed by atoms with Crippen molar-refractivity contribution in [2.75, 3.05) is 11.9 Å². The van der Waals surface area contributed by atoms with Gasteiger partial charge in [0.05, 0.1) is 18.9 Å². The van der Waals surface area contributed by atoms with Crippen LogP contribution in [-0.4, -0.2) is 12.9 Å². The molecule has 0 bridgehead atoms. The summed E-state index contributed by atoms with van der Waals surface area (Å²) in [5, 5.41) is 3.58. The second-order valence-electron chi connectivity index (χ2n) is 4.74. The van der Waals surface area contributed by atoms with Gasteiger partial charge >= 0.3 is 0 Å². The summed E-state index contributed by atoms with van der Waals surface area (Å²) in [6.45, 7) is 0.655. The van der Waals surface area contributed by atoms with Gasteiger partial charge in [-0.3, -0.25) is 4.99 Å². The molecule has 0 spiro atoms. The number of para-hydroxylation sites is 1. The Kier molecular flexibility index (Phi) is 3.19. The Morgan fingerprint density at radius 1 is 1.11 bits per heavy atom. The Labute approximate surface area is 113 Å². The molecular formula is C16H17N3. The third-order valence-electron chi connectivity index (χ3n) is 3.55. The lowest BCUT2D eigenvalue weighted by atomic mass is 9.97. The van der Waals surface area contributed by atoms with E-state index in [1.807, 2.05) is 0 Å². The van der Waals surface area contributed by atoms with E-state index < -0.39 is 0 Å². The summed E-state index contributed by atoms with van der Waals surface area (Å²) >= 11 is 0. The Balaban J connectivity index is 2.06. The fourth-order valence-corrected chi connectivity index (χ4v) is 2.63. The van der Waals surface area contributed by atoms with E-state index in [0.29, 0.717) is 6.54 Å². The molecular weight excluding hydrogens is 234 g/mol. The van der Waals surface area contributed by atoms with Gasteiger partial charge in [-0.2, -0.15) is 0 Å². The Hall–Kier alpha value is -2.29. The first-order valence-electron chi connectivity index (χ1n) is 6.51. The maximum Gasteiger partial charge on any atom is 0.0798 e. The zero-order valence-electron chi connectivity index (χ0n) is 10.7. The van der Waals surface area contributed by atoms with Crippen molar-refractivity contribution >= 4 is 12.0 Å². The number of nitrogens with one attached hydrogen (secondary N) is 1. The molecule has 3 N–H and O–H groups in total. The van der Waals surface area contributed by atoms with Crippen LogP contribution in [0.25, 0.3) is 0 Å². The third-order valence-corrected chi connectivity index (χ3v) is 3.55. The molecule has 0 amide bonds. The number of rotatable bonds is 2. The van der Waals surface area contributed by atoms with Crippen LogP contribution in [0.5, 0.6) is 0 Å². The minimum absolute atomic E-state index is 0.180. The number of fused-ring (bicyclic) bond motifs is 2. The zero-order valence-corrected chi connectivity index (χ0v) is 10.7. The van der Waals surface area contributed by atoms with Crippen molar-refractivity contribution in [2.45, 2.75) is 12.5 Å². The largest absolute Gasteiger partial charge is 0.390 e. The highest BCUT2D eigenvalue weighted by atomic mass is 15.0. The molecule has 0 saturated heterocycles. The first kappa shape index (κ1) is 11.8. The molecule has 1 unspecified atom stereocenters. The second kappa shape index (κ2) is 5.14. The third kappa shape index (κ3) is 2.32. The van der Waals surface area contributed by atoms with Crippen molar-refractivity contribution in [3.63, 3.8) is 0 Å². The van der Waals surface area contributed by atoms with Crippen molar-refractivity contribution < 1.29 is 0 Å². The topological polar surface area (TPSA) is 50.4 Å². The van der Waals surface area contributed by atoms with Gasteiger partial charge in [-0.25, -0.2) is 0 Å². The molecule has 1 heterocycles. The van der Waals surface area contributed by atoms with Gasteiger partial charge in [-0.05, 0) is 29.2 Å². The number of nitrogens with two attached hydrogens (primary N) is 1. The molecule has 1 aliphatic heterocycles. The molecule has 96 valence electrons. The lowest BCUT2D eigenvalue weighted by Crippen LogP contribution is -2.14. The molecule has 0 aromatic heterocycles. The van der Waals surface area contributed by atoms with Crippen LogP contribution in [0.1, 0.15) is 22.7 Å². The van der Waals surface area contributed by atoms with Crippen LogP contribution in [0.15, 0.2) is 53.5 Å². The standard InChI is InChI=1S/C16H17N3/c17-11-18-10-16-14-7-3-1-5-12(14)9-13-6-2-4-8-15(13)19-16/h1-8,11,16,19H,9-10H2,(H2,17,18). The predicted molar refractivity (Wildman–Crippen MR) is 79.6 cm³/mol. The predicted octanol–water partition coefficient (Wildman–Crippen LogP) is 2.73. The van der Waals surface area contributed by atoms with Crippen LogP contribution < -0.4 is 11.1 Å². The molecule has 0 aliphatic carbocycles. The summed E-state index contributed by atoms with van der Waals surface area (Å²) in [5.41, 5.74) is 10.6. The van der Waals surface area contributed by atoms with E-state index in [4.69, 9.17) is 5.73 Å². The summed E-state index contributed by atoms with van der Waals surface area (Å²) in [7, 11) is 0. The lowest BCUT2D eigenvalue weighted by Gasteiger charge is -2.18. The van der Waals surface area contributed by atoms with Gasteiger partial charge in [0.2, 0.25) is 0 Å². The van der Waals surface area contributed by atoms with E-state index in [9.17, 15) is 0 Å². The fourth-order valence-electron chi connectivity index (χ4n) is 2.63. The van der Waals surface area contributed by atoms with E-state index in [-0.39, 0.29) is 6.04 Å². The van der Waals surface area contributed by atoms with Crippen LogP contribution in [0, 0.1) is 0 Å². The number of anilines is 1. The minimum atomic E-state index is 0.180. The normalized spacial score (nSPS) is 17.4. The molecule has 2 aromatic carbocycles. The summed E-state index contributed by atoms with van der Waals surface area (Å²) in [6, 6.07) is 17.2. The van der Waals surface area contributed by atoms with Gasteiger partial charge in [0.25, 0.3) is 0 Å². The molecule has 3 nitrogen and oxygen atoms in total. The number of nitrogens with zero attached hydrogens (tertiary/aromatic N) is 1. The summed E-state index contributed by atoms with van der Waals surface area (Å²) in [5.74, 6) is 0. The molecule has 1 atom stereocenters. The fraction of sp³-hybridized carbons (Fsp3) is 0.188. The summed E-state index contributed by atoms with van der Waals surface area (Å²) in [6.07, 6.45) is 2.34. The van der Waals surface area contributed by atoms with Crippen molar-refractivity contribution in [2.24, 2.45) is 10.7 Å². The smallest absolute Gasteiger partial charge is 0.0798 e. The average molecular weight is 251 g/mol. The van der Waals surface area contributed by atoms with E-state index >= 15 is 0 Å². The van der Waals surface area contributed by atoms with E-state index in [0.717, 1.165) is 6.42 Å². The summed E-state index contributed by atoms with van der Waals surface area (Å²) in [4.78, 5) is 4.20. The van der Waals surface area contributed by atoms with Crippen molar-refractivity contribution in [3.8, 4) is 0 Å². The molecule has 3 heteroatoms. The molecule has 3 rings (SSSR count). The molecule has 2 aromatic rings. The van der Waals surface area contributed by atoms with Crippen molar-refractivity contribution in [3.05, 3.63) is 65.2 Å². The molecule has 19 heavy (non-hydrogen) atoms. The number of hydrogen-bond donors (Lipinski definition) is 2. The SMILES string of the molecule is NC=NCC1Nc2ccccc2Cc2ccccc21. The van der Waals surface area contributed by atoms with Gasteiger partial charge in [0.15, 0.2) is 0 Å². The van der Waals surface area contributed by atoms with Crippen molar-refractivity contribution in [1.82, 2.24) is 0 Å². The minimum Gasteiger partial charge on any atom is -0.390 e. The van der Waals surface area contributed by atoms with Crippen LogP contribution in [0.4, 0.5) is 5.69 Å². The van der Waals surface area contributed by atoms with Gasteiger partial charge in [0.1, 0.15) is 0 Å². The highest BCUT2D eigenvalue weighted by molar-refractivity contribution is 5.58. The van der Waals surface area contributed by atoms with E-state index in [1.54, 1.807) is 0 Å². The zero-order chi connectivity index (χ0) is 13.1. The van der Waals surface area contributed by atoms with Gasteiger partial charge in [-0.15, -0.1) is 0 Å². The second-order valence-corrected chi connectivity index (χ2v) is 4.74. The molecule has 1 aliphatic rings. The van der Waals surface area contributed by atoms with Crippen LogP contribution in [0.3, 0.4) is 0 Å². The molecule has 0 saturated carbocycles.